The lowest BCUT2D eigenvalue weighted by Gasteiger charge is -2.20. The molecule has 0 aliphatic carbocycles. The summed E-state index contributed by atoms with van der Waals surface area (Å²) in [6, 6.07) is 3.32. The zero-order valence-corrected chi connectivity index (χ0v) is 14.6. The van der Waals surface area contributed by atoms with Crippen molar-refractivity contribution in [3.8, 4) is 0 Å². The molecule has 2 heterocycles. The first-order valence-corrected chi connectivity index (χ1v) is 8.48. The lowest BCUT2D eigenvalue weighted by Crippen LogP contribution is -2.26. The molecule has 0 radical (unpaired) electrons. The van der Waals surface area contributed by atoms with Gasteiger partial charge in [0, 0.05) is 12.2 Å². The molecule has 2 rings (SSSR count). The highest BCUT2D eigenvalue weighted by atomic mass is 35.5. The standard InChI is InChI=1S/C17H22ClN3O3/c1-3-5-7-11(10-22)20-15-13(17(23)24-4-2)16(18)21-12-8-6-9-19-14(12)15/h6,8-9,11,22H,3-5,7,10H2,1-2H3,(H,20,21). The van der Waals surface area contributed by atoms with E-state index in [2.05, 4.69) is 22.2 Å². The van der Waals surface area contributed by atoms with Gasteiger partial charge in [0.05, 0.1) is 24.4 Å². The number of aliphatic hydroxyl groups is 1. The van der Waals surface area contributed by atoms with Crippen molar-refractivity contribution in [2.75, 3.05) is 18.5 Å². The van der Waals surface area contributed by atoms with E-state index < -0.39 is 5.97 Å². The van der Waals surface area contributed by atoms with E-state index in [9.17, 15) is 9.90 Å². The van der Waals surface area contributed by atoms with Crippen molar-refractivity contribution in [2.24, 2.45) is 0 Å². The topological polar surface area (TPSA) is 84.3 Å². The Morgan fingerprint density at radius 3 is 2.92 bits per heavy atom. The molecule has 7 heteroatoms. The maximum absolute atomic E-state index is 12.3. The van der Waals surface area contributed by atoms with Crippen molar-refractivity contribution in [2.45, 2.75) is 39.2 Å². The van der Waals surface area contributed by atoms with E-state index in [4.69, 9.17) is 16.3 Å². The molecule has 2 aromatic heterocycles. The number of nitrogens with zero attached hydrogens (tertiary/aromatic N) is 2. The van der Waals surface area contributed by atoms with Crippen molar-refractivity contribution >= 4 is 34.3 Å². The Morgan fingerprint density at radius 1 is 1.46 bits per heavy atom. The van der Waals surface area contributed by atoms with Gasteiger partial charge in [-0.25, -0.2) is 9.78 Å². The number of rotatable bonds is 8. The third kappa shape index (κ3) is 4.13. The monoisotopic (exact) mass is 351 g/mol. The Hall–Kier alpha value is -1.92. The van der Waals surface area contributed by atoms with E-state index in [0.717, 1.165) is 19.3 Å². The smallest absolute Gasteiger partial charge is 0.343 e. The molecule has 0 saturated heterocycles. The van der Waals surface area contributed by atoms with Crippen LogP contribution < -0.4 is 5.32 Å². The van der Waals surface area contributed by atoms with Crippen LogP contribution in [0, 0.1) is 0 Å². The van der Waals surface area contributed by atoms with Crippen molar-refractivity contribution in [1.82, 2.24) is 9.97 Å². The molecule has 2 N–H and O–H groups in total. The van der Waals surface area contributed by atoms with Gasteiger partial charge in [-0.1, -0.05) is 31.4 Å². The number of hydrogen-bond acceptors (Lipinski definition) is 6. The second-order valence-corrected chi connectivity index (χ2v) is 5.77. The lowest BCUT2D eigenvalue weighted by atomic mass is 10.1. The van der Waals surface area contributed by atoms with Crippen LogP contribution >= 0.6 is 11.6 Å². The van der Waals surface area contributed by atoms with Crippen LogP contribution in [0.5, 0.6) is 0 Å². The van der Waals surface area contributed by atoms with Gasteiger partial charge in [0.25, 0.3) is 0 Å². The Balaban J connectivity index is 2.53. The highest BCUT2D eigenvalue weighted by Crippen LogP contribution is 2.31. The fourth-order valence-electron chi connectivity index (χ4n) is 2.46. The van der Waals surface area contributed by atoms with E-state index in [0.29, 0.717) is 16.7 Å². The highest BCUT2D eigenvalue weighted by molar-refractivity contribution is 6.34. The molecule has 0 aromatic carbocycles. The maximum Gasteiger partial charge on any atom is 0.343 e. The first-order valence-electron chi connectivity index (χ1n) is 8.11. The van der Waals surface area contributed by atoms with Gasteiger partial charge in [0.1, 0.15) is 16.2 Å². The number of carbonyl (C=O) groups is 1. The largest absolute Gasteiger partial charge is 0.462 e. The zero-order valence-electron chi connectivity index (χ0n) is 13.9. The van der Waals surface area contributed by atoms with Crippen molar-refractivity contribution in [1.29, 1.82) is 0 Å². The minimum atomic E-state index is -0.558. The van der Waals surface area contributed by atoms with Crippen molar-refractivity contribution in [3.63, 3.8) is 0 Å². The first-order chi connectivity index (χ1) is 11.6. The number of ether oxygens (including phenoxy) is 1. The molecule has 1 atom stereocenters. The summed E-state index contributed by atoms with van der Waals surface area (Å²) in [7, 11) is 0. The Bertz CT molecular complexity index is 709. The molecular formula is C17H22ClN3O3. The fraction of sp³-hybridized carbons (Fsp3) is 0.471. The summed E-state index contributed by atoms with van der Waals surface area (Å²) in [5.74, 6) is -0.558. The zero-order chi connectivity index (χ0) is 17.5. The molecule has 2 aromatic rings. The van der Waals surface area contributed by atoms with Crippen LogP contribution in [0.2, 0.25) is 5.15 Å². The van der Waals surface area contributed by atoms with Gasteiger partial charge >= 0.3 is 5.97 Å². The van der Waals surface area contributed by atoms with Gasteiger partial charge in [-0.3, -0.25) is 4.98 Å². The number of carbonyl (C=O) groups excluding carboxylic acids is 1. The normalized spacial score (nSPS) is 12.2. The van der Waals surface area contributed by atoms with E-state index in [-0.39, 0.29) is 30.0 Å². The summed E-state index contributed by atoms with van der Waals surface area (Å²) in [5, 5.41) is 12.9. The molecule has 0 spiro atoms. The third-order valence-corrected chi connectivity index (χ3v) is 3.93. The van der Waals surface area contributed by atoms with Gasteiger partial charge < -0.3 is 15.2 Å². The molecule has 6 nitrogen and oxygen atoms in total. The summed E-state index contributed by atoms with van der Waals surface area (Å²) < 4.78 is 5.10. The predicted molar refractivity (Wildman–Crippen MR) is 94.5 cm³/mol. The molecule has 0 bridgehead atoms. The quantitative estimate of drug-likeness (QED) is 0.560. The summed E-state index contributed by atoms with van der Waals surface area (Å²) in [6.07, 6.45) is 4.36. The number of hydrogen-bond donors (Lipinski definition) is 2. The minimum absolute atomic E-state index is 0.0589. The Morgan fingerprint density at radius 2 is 2.25 bits per heavy atom. The van der Waals surface area contributed by atoms with Crippen molar-refractivity contribution < 1.29 is 14.6 Å². The number of unbranched alkanes of at least 4 members (excludes halogenated alkanes) is 1. The van der Waals surface area contributed by atoms with Crippen LogP contribution in [0.1, 0.15) is 43.5 Å². The molecule has 0 amide bonds. The molecular weight excluding hydrogens is 330 g/mol. The Kier molecular flexibility index (Phi) is 6.75. The number of aliphatic hydroxyl groups excluding tert-OH is 1. The summed E-state index contributed by atoms with van der Waals surface area (Å²) >= 11 is 6.23. The first kappa shape index (κ1) is 18.4. The molecule has 0 saturated carbocycles. The highest BCUT2D eigenvalue weighted by Gasteiger charge is 2.24. The Labute approximate surface area is 146 Å². The number of nitrogens with one attached hydrogen (secondary N) is 1. The second-order valence-electron chi connectivity index (χ2n) is 5.41. The maximum atomic E-state index is 12.3. The number of anilines is 1. The number of fused-ring (bicyclic) bond motifs is 1. The molecule has 0 aliphatic heterocycles. The number of halogens is 1. The van der Waals surface area contributed by atoms with E-state index >= 15 is 0 Å². The predicted octanol–water partition coefficient (Wildman–Crippen LogP) is 3.42. The van der Waals surface area contributed by atoms with Crippen molar-refractivity contribution in [3.05, 3.63) is 29.0 Å². The van der Waals surface area contributed by atoms with E-state index in [1.165, 1.54) is 0 Å². The van der Waals surface area contributed by atoms with Crippen LogP contribution in [0.15, 0.2) is 18.3 Å². The number of esters is 1. The summed E-state index contributed by atoms with van der Waals surface area (Å²) in [6.45, 7) is 3.98. The molecule has 24 heavy (non-hydrogen) atoms. The average molecular weight is 352 g/mol. The summed E-state index contributed by atoms with van der Waals surface area (Å²) in [4.78, 5) is 20.9. The number of pyridine rings is 2. The van der Waals surface area contributed by atoms with E-state index in [1.54, 1.807) is 25.3 Å². The second kappa shape index (κ2) is 8.80. The SMILES string of the molecule is CCCCC(CO)Nc1c(C(=O)OCC)c(Cl)nc2cccnc12. The van der Waals surface area contributed by atoms with Crippen LogP contribution in [-0.4, -0.2) is 40.3 Å². The number of aromatic nitrogens is 2. The molecule has 1 unspecified atom stereocenters. The minimum Gasteiger partial charge on any atom is -0.462 e. The van der Waals surface area contributed by atoms with Crippen LogP contribution in [0.4, 0.5) is 5.69 Å². The van der Waals surface area contributed by atoms with Gasteiger partial charge in [-0.15, -0.1) is 0 Å². The molecule has 130 valence electrons. The molecule has 0 fully saturated rings. The lowest BCUT2D eigenvalue weighted by molar-refractivity contribution is 0.0527. The van der Waals surface area contributed by atoms with Gasteiger partial charge in [-0.2, -0.15) is 0 Å². The van der Waals surface area contributed by atoms with Crippen LogP contribution in [0.25, 0.3) is 11.0 Å². The van der Waals surface area contributed by atoms with Gasteiger partial charge in [0.2, 0.25) is 0 Å². The van der Waals surface area contributed by atoms with Crippen LogP contribution in [0.3, 0.4) is 0 Å². The van der Waals surface area contributed by atoms with Gasteiger partial charge in [-0.05, 0) is 25.5 Å². The molecule has 0 aliphatic rings. The van der Waals surface area contributed by atoms with Crippen LogP contribution in [-0.2, 0) is 4.74 Å². The summed E-state index contributed by atoms with van der Waals surface area (Å²) in [5.41, 5.74) is 1.71. The third-order valence-electron chi connectivity index (χ3n) is 3.65. The van der Waals surface area contributed by atoms with E-state index in [1.807, 2.05) is 0 Å². The fourth-order valence-corrected chi connectivity index (χ4v) is 2.72. The van der Waals surface area contributed by atoms with Gasteiger partial charge in [0.15, 0.2) is 0 Å². The average Bonchev–Trinajstić information content (AvgIpc) is 2.58.